The van der Waals surface area contributed by atoms with Crippen molar-refractivity contribution >= 4 is 5.97 Å². The summed E-state index contributed by atoms with van der Waals surface area (Å²) in [6, 6.07) is 0.511. The fourth-order valence-electron chi connectivity index (χ4n) is 2.27. The Labute approximate surface area is 104 Å². The minimum atomic E-state index is -0.628. The zero-order chi connectivity index (χ0) is 12.5. The summed E-state index contributed by atoms with van der Waals surface area (Å²) < 4.78 is 5.40. The lowest BCUT2D eigenvalue weighted by Crippen LogP contribution is -2.35. The van der Waals surface area contributed by atoms with Crippen LogP contribution in [0.15, 0.2) is 0 Å². The maximum atomic E-state index is 10.8. The second-order valence-electron chi connectivity index (χ2n) is 4.81. The van der Waals surface area contributed by atoms with Crippen molar-refractivity contribution in [2.45, 2.75) is 51.5 Å². The summed E-state index contributed by atoms with van der Waals surface area (Å²) in [4.78, 5) is 10.8. The van der Waals surface area contributed by atoms with Gasteiger partial charge in [-0.15, -0.1) is 0 Å². The number of rotatable bonds is 8. The van der Waals surface area contributed by atoms with Gasteiger partial charge in [0, 0.05) is 19.3 Å². The first-order chi connectivity index (χ1) is 8.24. The van der Waals surface area contributed by atoms with Crippen molar-refractivity contribution in [3.8, 4) is 0 Å². The van der Waals surface area contributed by atoms with E-state index in [-0.39, 0.29) is 5.92 Å². The van der Waals surface area contributed by atoms with E-state index in [0.717, 1.165) is 58.3 Å². The molecule has 0 aliphatic heterocycles. The predicted octanol–water partition coefficient (Wildman–Crippen LogP) is 2.04. The van der Waals surface area contributed by atoms with Crippen molar-refractivity contribution in [2.75, 3.05) is 19.8 Å². The molecule has 0 amide bonds. The van der Waals surface area contributed by atoms with Crippen LogP contribution in [0.1, 0.15) is 45.4 Å². The second-order valence-corrected chi connectivity index (χ2v) is 4.81. The smallest absolute Gasteiger partial charge is 0.306 e. The second kappa shape index (κ2) is 8.48. The van der Waals surface area contributed by atoms with Crippen LogP contribution in [0, 0.1) is 5.92 Å². The zero-order valence-corrected chi connectivity index (χ0v) is 10.8. The van der Waals surface area contributed by atoms with Gasteiger partial charge in [0.15, 0.2) is 0 Å². The molecule has 1 fully saturated rings. The molecule has 1 aliphatic carbocycles. The number of nitrogens with one attached hydrogen (secondary N) is 1. The molecule has 4 nitrogen and oxygen atoms in total. The first-order valence-electron chi connectivity index (χ1n) is 6.78. The molecule has 0 radical (unpaired) electrons. The Hall–Kier alpha value is -0.610. The van der Waals surface area contributed by atoms with Gasteiger partial charge in [0.25, 0.3) is 0 Å². The van der Waals surface area contributed by atoms with Gasteiger partial charge >= 0.3 is 5.97 Å². The van der Waals surface area contributed by atoms with Crippen LogP contribution >= 0.6 is 0 Å². The third kappa shape index (κ3) is 6.03. The Morgan fingerprint density at radius 3 is 2.59 bits per heavy atom. The van der Waals surface area contributed by atoms with Gasteiger partial charge in [0.1, 0.15) is 0 Å². The third-order valence-electron chi connectivity index (χ3n) is 3.32. The fraction of sp³-hybridized carbons (Fsp3) is 0.923. The zero-order valence-electron chi connectivity index (χ0n) is 10.8. The van der Waals surface area contributed by atoms with Crippen LogP contribution in [0.4, 0.5) is 0 Å². The van der Waals surface area contributed by atoms with Crippen molar-refractivity contribution in [1.29, 1.82) is 0 Å². The van der Waals surface area contributed by atoms with E-state index in [1.54, 1.807) is 0 Å². The van der Waals surface area contributed by atoms with E-state index >= 15 is 0 Å². The van der Waals surface area contributed by atoms with E-state index in [2.05, 4.69) is 12.2 Å². The Kier molecular flexibility index (Phi) is 7.21. The fourth-order valence-corrected chi connectivity index (χ4v) is 2.27. The molecule has 0 aromatic rings. The summed E-state index contributed by atoms with van der Waals surface area (Å²) in [6.07, 6.45) is 5.74. The maximum absolute atomic E-state index is 10.8. The molecule has 0 aromatic heterocycles. The molecule has 4 heteroatoms. The molecule has 1 rings (SSSR count). The highest BCUT2D eigenvalue weighted by Crippen LogP contribution is 2.24. The van der Waals surface area contributed by atoms with Gasteiger partial charge in [0.2, 0.25) is 0 Å². The normalized spacial score (nSPS) is 24.8. The van der Waals surface area contributed by atoms with Gasteiger partial charge in [-0.3, -0.25) is 4.79 Å². The average molecular weight is 243 g/mol. The Morgan fingerprint density at radius 2 is 2.00 bits per heavy atom. The molecular formula is C13H25NO3. The number of carboxylic acids is 1. The molecule has 0 spiro atoms. The highest BCUT2D eigenvalue weighted by atomic mass is 16.5. The van der Waals surface area contributed by atoms with Crippen molar-refractivity contribution < 1.29 is 14.6 Å². The van der Waals surface area contributed by atoms with Crippen LogP contribution in [-0.2, 0) is 9.53 Å². The minimum Gasteiger partial charge on any atom is -0.481 e. The predicted molar refractivity (Wildman–Crippen MR) is 67.1 cm³/mol. The van der Waals surface area contributed by atoms with Crippen LogP contribution in [0.3, 0.4) is 0 Å². The molecule has 0 saturated heterocycles. The van der Waals surface area contributed by atoms with E-state index in [9.17, 15) is 4.79 Å². The first kappa shape index (κ1) is 14.5. The average Bonchev–Trinajstić information content (AvgIpc) is 2.34. The topological polar surface area (TPSA) is 58.6 Å². The molecule has 0 bridgehead atoms. The summed E-state index contributed by atoms with van der Waals surface area (Å²) in [6.45, 7) is 4.76. The van der Waals surface area contributed by atoms with Gasteiger partial charge in [0.05, 0.1) is 5.92 Å². The lowest BCUT2D eigenvalue weighted by molar-refractivity contribution is -0.142. The molecule has 100 valence electrons. The van der Waals surface area contributed by atoms with Crippen molar-refractivity contribution in [3.05, 3.63) is 0 Å². The van der Waals surface area contributed by atoms with Gasteiger partial charge in [-0.2, -0.15) is 0 Å². The monoisotopic (exact) mass is 243 g/mol. The molecule has 0 heterocycles. The van der Waals surface area contributed by atoms with E-state index in [1.165, 1.54) is 0 Å². The van der Waals surface area contributed by atoms with Crippen LogP contribution in [0.25, 0.3) is 0 Å². The number of carbonyl (C=O) groups is 1. The highest BCUT2D eigenvalue weighted by molar-refractivity contribution is 5.70. The molecule has 0 unspecified atom stereocenters. The third-order valence-corrected chi connectivity index (χ3v) is 3.32. The Morgan fingerprint density at radius 1 is 1.29 bits per heavy atom. The maximum Gasteiger partial charge on any atom is 0.306 e. The molecule has 1 saturated carbocycles. The number of aliphatic carboxylic acids is 1. The van der Waals surface area contributed by atoms with Crippen LogP contribution in [0.2, 0.25) is 0 Å². The van der Waals surface area contributed by atoms with E-state index in [0.29, 0.717) is 6.04 Å². The van der Waals surface area contributed by atoms with E-state index in [4.69, 9.17) is 9.84 Å². The van der Waals surface area contributed by atoms with E-state index < -0.39 is 5.97 Å². The number of hydrogen-bond acceptors (Lipinski definition) is 3. The molecule has 17 heavy (non-hydrogen) atoms. The molecular weight excluding hydrogens is 218 g/mol. The largest absolute Gasteiger partial charge is 0.481 e. The summed E-state index contributed by atoms with van der Waals surface area (Å²) in [5.74, 6) is -0.739. The number of hydrogen-bond donors (Lipinski definition) is 2. The summed E-state index contributed by atoms with van der Waals surface area (Å²) in [5.41, 5.74) is 0. The first-order valence-corrected chi connectivity index (χ1v) is 6.78. The van der Waals surface area contributed by atoms with Crippen molar-refractivity contribution in [1.82, 2.24) is 5.32 Å². The SMILES string of the molecule is CCCOCCCNC1CCC(C(=O)O)CC1. The van der Waals surface area contributed by atoms with Crippen molar-refractivity contribution in [3.63, 3.8) is 0 Å². The van der Waals surface area contributed by atoms with Crippen molar-refractivity contribution in [2.24, 2.45) is 5.92 Å². The highest BCUT2D eigenvalue weighted by Gasteiger charge is 2.25. The molecule has 2 N–H and O–H groups in total. The molecule has 0 atom stereocenters. The molecule has 0 aromatic carbocycles. The summed E-state index contributed by atoms with van der Waals surface area (Å²) in [5, 5.41) is 12.4. The van der Waals surface area contributed by atoms with Crippen LogP contribution in [0.5, 0.6) is 0 Å². The van der Waals surface area contributed by atoms with Gasteiger partial charge in [-0.1, -0.05) is 6.92 Å². The lowest BCUT2D eigenvalue weighted by Gasteiger charge is -2.26. The number of carboxylic acid groups (broad SMARTS) is 1. The van der Waals surface area contributed by atoms with Crippen LogP contribution < -0.4 is 5.32 Å². The van der Waals surface area contributed by atoms with Gasteiger partial charge in [-0.25, -0.2) is 0 Å². The standard InChI is InChI=1S/C13H25NO3/c1-2-9-17-10-3-8-14-12-6-4-11(5-7-12)13(15)16/h11-12,14H,2-10H2,1H3,(H,15,16). The summed E-state index contributed by atoms with van der Waals surface area (Å²) in [7, 11) is 0. The lowest BCUT2D eigenvalue weighted by atomic mass is 9.86. The van der Waals surface area contributed by atoms with Crippen LogP contribution in [-0.4, -0.2) is 36.9 Å². The Bertz CT molecular complexity index is 213. The van der Waals surface area contributed by atoms with Gasteiger partial charge < -0.3 is 15.2 Å². The summed E-state index contributed by atoms with van der Waals surface area (Å²) >= 11 is 0. The minimum absolute atomic E-state index is 0.110. The number of ether oxygens (including phenoxy) is 1. The van der Waals surface area contributed by atoms with E-state index in [1.807, 2.05) is 0 Å². The van der Waals surface area contributed by atoms with Gasteiger partial charge in [-0.05, 0) is 45.1 Å². The molecule has 1 aliphatic rings. The quantitative estimate of drug-likeness (QED) is 0.640. The Balaban J connectivity index is 1.97.